The Balaban J connectivity index is 1.41. The summed E-state index contributed by atoms with van der Waals surface area (Å²) in [6.45, 7) is 2.68. The average molecular weight is 425 g/mol. The second kappa shape index (κ2) is 8.67. The minimum Gasteiger partial charge on any atom is -0.350 e. The molecule has 1 fully saturated rings. The number of rotatable bonds is 5. The molecule has 1 aliphatic heterocycles. The minimum atomic E-state index is -0.468. The van der Waals surface area contributed by atoms with Crippen molar-refractivity contribution in [3.05, 3.63) is 70.6 Å². The fraction of sp³-hybridized carbons (Fsp3) is 0.273. The number of halogens is 1. The fourth-order valence-electron chi connectivity index (χ4n) is 3.54. The summed E-state index contributed by atoms with van der Waals surface area (Å²) in [4.78, 5) is 31.6. The van der Waals surface area contributed by atoms with Gasteiger partial charge in [0, 0.05) is 36.2 Å². The Kier molecular flexibility index (Phi) is 5.81. The van der Waals surface area contributed by atoms with Crippen molar-refractivity contribution in [1.82, 2.24) is 20.4 Å². The zero-order valence-corrected chi connectivity index (χ0v) is 17.2. The second-order valence-electron chi connectivity index (χ2n) is 7.22. The van der Waals surface area contributed by atoms with E-state index in [4.69, 9.17) is 16.1 Å². The predicted molar refractivity (Wildman–Crippen MR) is 112 cm³/mol. The van der Waals surface area contributed by atoms with Gasteiger partial charge in [-0.15, -0.1) is 0 Å². The Labute approximate surface area is 179 Å². The third kappa shape index (κ3) is 4.36. The lowest BCUT2D eigenvalue weighted by Crippen LogP contribution is -2.45. The van der Waals surface area contributed by atoms with Crippen molar-refractivity contribution < 1.29 is 14.1 Å². The molecule has 1 N–H and O–H groups in total. The molecule has 2 amide bonds. The van der Waals surface area contributed by atoms with E-state index in [0.717, 1.165) is 17.5 Å². The molecule has 0 unspecified atom stereocenters. The molecule has 4 rings (SSSR count). The second-order valence-corrected chi connectivity index (χ2v) is 7.65. The summed E-state index contributed by atoms with van der Waals surface area (Å²) in [6, 6.07) is 13.9. The van der Waals surface area contributed by atoms with Gasteiger partial charge in [-0.05, 0) is 42.7 Å². The van der Waals surface area contributed by atoms with Gasteiger partial charge < -0.3 is 14.7 Å². The number of carbonyl (C=O) groups is 2. The minimum absolute atomic E-state index is 0.144. The molecular weight excluding hydrogens is 404 g/mol. The number of likely N-dealkylation sites (tertiary alicyclic amines) is 1. The molecule has 1 saturated heterocycles. The number of nitrogens with zero attached hydrogens (tertiary/aromatic N) is 3. The molecule has 2 aromatic carbocycles. The van der Waals surface area contributed by atoms with E-state index in [9.17, 15) is 9.59 Å². The average Bonchev–Trinajstić information content (AvgIpc) is 3.42. The molecule has 0 bridgehead atoms. The molecule has 3 aromatic rings. The predicted octanol–water partition coefficient (Wildman–Crippen LogP) is 3.62. The molecule has 7 nitrogen and oxygen atoms in total. The van der Waals surface area contributed by atoms with E-state index in [0.29, 0.717) is 41.8 Å². The Morgan fingerprint density at radius 2 is 1.90 bits per heavy atom. The monoisotopic (exact) mass is 424 g/mol. The van der Waals surface area contributed by atoms with Gasteiger partial charge in [-0.25, -0.2) is 0 Å². The highest BCUT2D eigenvalue weighted by Gasteiger charge is 2.34. The summed E-state index contributed by atoms with van der Waals surface area (Å²) in [6.07, 6.45) is 1.45. The van der Waals surface area contributed by atoms with Gasteiger partial charge in [0.25, 0.3) is 5.91 Å². The van der Waals surface area contributed by atoms with Gasteiger partial charge in [-0.1, -0.05) is 41.0 Å². The molecular formula is C22H21ClN4O3. The molecule has 30 heavy (non-hydrogen) atoms. The molecule has 0 radical (unpaired) electrons. The van der Waals surface area contributed by atoms with Crippen molar-refractivity contribution in [2.24, 2.45) is 0 Å². The van der Waals surface area contributed by atoms with Gasteiger partial charge in [0.05, 0.1) is 0 Å². The van der Waals surface area contributed by atoms with Crippen LogP contribution in [0, 0.1) is 6.92 Å². The molecule has 1 aliphatic rings. The SMILES string of the molecule is Cc1nc(-c2ccc(C(=O)N3CCC[C@H]3C(=O)NCc3ccc(Cl)cc3)cc2)no1. The number of hydrogen-bond donors (Lipinski definition) is 1. The van der Waals surface area contributed by atoms with Crippen LogP contribution in [-0.4, -0.2) is 39.4 Å². The van der Waals surface area contributed by atoms with E-state index in [1.54, 1.807) is 48.2 Å². The summed E-state index contributed by atoms with van der Waals surface area (Å²) < 4.78 is 4.99. The van der Waals surface area contributed by atoms with Crippen LogP contribution in [0.1, 0.15) is 34.7 Å². The van der Waals surface area contributed by atoms with E-state index in [1.807, 2.05) is 12.1 Å². The van der Waals surface area contributed by atoms with Crippen molar-refractivity contribution in [3.63, 3.8) is 0 Å². The Hall–Kier alpha value is -3.19. The lowest BCUT2D eigenvalue weighted by Gasteiger charge is -2.24. The zero-order valence-electron chi connectivity index (χ0n) is 16.5. The standard InChI is InChI=1S/C22H21ClN4O3/c1-14-25-20(26-30-14)16-6-8-17(9-7-16)22(29)27-12-2-3-19(27)21(28)24-13-15-4-10-18(23)11-5-15/h4-11,19H,2-3,12-13H2,1H3,(H,24,28)/t19-/m0/s1. The number of nitrogens with one attached hydrogen (secondary N) is 1. The molecule has 8 heteroatoms. The maximum Gasteiger partial charge on any atom is 0.254 e. The maximum atomic E-state index is 13.0. The summed E-state index contributed by atoms with van der Waals surface area (Å²) in [5, 5.41) is 7.46. The summed E-state index contributed by atoms with van der Waals surface area (Å²) in [7, 11) is 0. The number of aromatic nitrogens is 2. The number of hydrogen-bond acceptors (Lipinski definition) is 5. The van der Waals surface area contributed by atoms with E-state index in [-0.39, 0.29) is 11.8 Å². The van der Waals surface area contributed by atoms with Crippen LogP contribution >= 0.6 is 11.6 Å². The van der Waals surface area contributed by atoms with E-state index in [2.05, 4.69) is 15.5 Å². The van der Waals surface area contributed by atoms with Crippen LogP contribution in [0.5, 0.6) is 0 Å². The van der Waals surface area contributed by atoms with Crippen molar-refractivity contribution in [1.29, 1.82) is 0 Å². The van der Waals surface area contributed by atoms with Crippen LogP contribution in [0.25, 0.3) is 11.4 Å². The van der Waals surface area contributed by atoms with Gasteiger partial charge in [-0.2, -0.15) is 4.98 Å². The number of amides is 2. The molecule has 2 heterocycles. The topological polar surface area (TPSA) is 88.3 Å². The lowest BCUT2D eigenvalue weighted by molar-refractivity contribution is -0.125. The van der Waals surface area contributed by atoms with Crippen LogP contribution in [0.2, 0.25) is 5.02 Å². The van der Waals surface area contributed by atoms with Crippen molar-refractivity contribution in [2.75, 3.05) is 6.54 Å². The third-order valence-electron chi connectivity index (χ3n) is 5.11. The first-order valence-corrected chi connectivity index (χ1v) is 10.1. The van der Waals surface area contributed by atoms with E-state index < -0.39 is 6.04 Å². The van der Waals surface area contributed by atoms with Gasteiger partial charge in [0.15, 0.2) is 0 Å². The van der Waals surface area contributed by atoms with Gasteiger partial charge in [0.2, 0.25) is 17.6 Å². The molecule has 1 atom stereocenters. The lowest BCUT2D eigenvalue weighted by atomic mass is 10.1. The van der Waals surface area contributed by atoms with Crippen LogP contribution in [0.3, 0.4) is 0 Å². The maximum absolute atomic E-state index is 13.0. The molecule has 0 spiro atoms. The number of carbonyl (C=O) groups excluding carboxylic acids is 2. The molecule has 0 saturated carbocycles. The highest BCUT2D eigenvalue weighted by molar-refractivity contribution is 6.30. The first kappa shape index (κ1) is 20.1. The highest BCUT2D eigenvalue weighted by atomic mass is 35.5. The normalized spacial score (nSPS) is 15.9. The first-order chi connectivity index (χ1) is 14.5. The zero-order chi connectivity index (χ0) is 21.1. The number of benzene rings is 2. The van der Waals surface area contributed by atoms with Crippen LogP contribution in [-0.2, 0) is 11.3 Å². The largest absolute Gasteiger partial charge is 0.350 e. The summed E-state index contributed by atoms with van der Waals surface area (Å²) in [5.41, 5.74) is 2.24. The summed E-state index contributed by atoms with van der Waals surface area (Å²) in [5.74, 6) is 0.659. The number of aryl methyl sites for hydroxylation is 1. The Morgan fingerprint density at radius 1 is 1.17 bits per heavy atom. The summed E-state index contributed by atoms with van der Waals surface area (Å²) >= 11 is 5.89. The van der Waals surface area contributed by atoms with Crippen LogP contribution in [0.4, 0.5) is 0 Å². The Bertz CT molecular complexity index is 1050. The smallest absolute Gasteiger partial charge is 0.254 e. The molecule has 0 aliphatic carbocycles. The first-order valence-electron chi connectivity index (χ1n) is 9.75. The molecule has 1 aromatic heterocycles. The highest BCUT2D eigenvalue weighted by Crippen LogP contribution is 2.22. The van der Waals surface area contributed by atoms with Crippen molar-refractivity contribution in [2.45, 2.75) is 32.4 Å². The Morgan fingerprint density at radius 3 is 2.57 bits per heavy atom. The molecule has 154 valence electrons. The van der Waals surface area contributed by atoms with E-state index >= 15 is 0 Å². The van der Waals surface area contributed by atoms with Crippen molar-refractivity contribution >= 4 is 23.4 Å². The van der Waals surface area contributed by atoms with Crippen LogP contribution < -0.4 is 5.32 Å². The fourth-order valence-corrected chi connectivity index (χ4v) is 3.66. The van der Waals surface area contributed by atoms with Gasteiger partial charge >= 0.3 is 0 Å². The van der Waals surface area contributed by atoms with Gasteiger partial charge in [0.1, 0.15) is 6.04 Å². The quantitative estimate of drug-likeness (QED) is 0.675. The third-order valence-corrected chi connectivity index (χ3v) is 5.37. The van der Waals surface area contributed by atoms with Gasteiger partial charge in [-0.3, -0.25) is 9.59 Å². The van der Waals surface area contributed by atoms with Crippen molar-refractivity contribution in [3.8, 4) is 11.4 Å². The van der Waals surface area contributed by atoms with E-state index in [1.165, 1.54) is 0 Å². The van der Waals surface area contributed by atoms with Crippen LogP contribution in [0.15, 0.2) is 53.1 Å².